The van der Waals surface area contributed by atoms with Crippen LogP contribution in [0.15, 0.2) is 30.5 Å². The number of rotatable bonds is 8. The fourth-order valence-corrected chi connectivity index (χ4v) is 6.89. The van der Waals surface area contributed by atoms with Crippen LogP contribution in [-0.2, 0) is 17.6 Å². The van der Waals surface area contributed by atoms with Gasteiger partial charge in [0.15, 0.2) is 0 Å². The minimum Gasteiger partial charge on any atom is -0.393 e. The monoisotopic (exact) mass is 620 g/mol. The van der Waals surface area contributed by atoms with Crippen molar-refractivity contribution in [3.63, 3.8) is 0 Å². The molecule has 45 heavy (non-hydrogen) atoms. The highest BCUT2D eigenvalue weighted by atomic mass is 19.1. The largest absolute Gasteiger partial charge is 0.393 e. The number of hydrogen-bond acceptors (Lipinski definition) is 7. The number of likely N-dealkylation sites (tertiary alicyclic amines) is 1. The molecule has 1 aliphatic carbocycles. The maximum atomic E-state index is 15.9. The highest BCUT2D eigenvalue weighted by Gasteiger charge is 2.39. The zero-order chi connectivity index (χ0) is 32.0. The number of anilines is 1. The Kier molecular flexibility index (Phi) is 8.30. The molecule has 3 aliphatic rings. The van der Waals surface area contributed by atoms with Gasteiger partial charge in [-0.15, -0.1) is 0 Å². The van der Waals surface area contributed by atoms with E-state index in [0.29, 0.717) is 79.5 Å². The lowest BCUT2D eigenvalue weighted by atomic mass is 9.76. The number of aryl methyl sites for hydroxylation is 1. The van der Waals surface area contributed by atoms with E-state index in [-0.39, 0.29) is 41.9 Å². The van der Waals surface area contributed by atoms with E-state index in [2.05, 4.69) is 20.2 Å². The number of primary amides is 1. The van der Waals surface area contributed by atoms with Gasteiger partial charge < -0.3 is 15.7 Å². The molecule has 10 nitrogen and oxygen atoms in total. The van der Waals surface area contributed by atoms with Crippen LogP contribution >= 0.6 is 0 Å². The number of fused-ring (bicyclic) bond motifs is 2. The number of urea groups is 1. The third-order valence-corrected chi connectivity index (χ3v) is 9.71. The number of nitrogens with two attached hydrogens (primary N) is 1. The van der Waals surface area contributed by atoms with Crippen molar-refractivity contribution in [3.05, 3.63) is 64.2 Å². The first-order valence-corrected chi connectivity index (χ1v) is 15.5. The number of amides is 4. The number of carbonyl (C=O) groups is 3. The number of aromatic nitrogens is 2. The van der Waals surface area contributed by atoms with Gasteiger partial charge in [0, 0.05) is 48.3 Å². The summed E-state index contributed by atoms with van der Waals surface area (Å²) in [7, 11) is 0. The summed E-state index contributed by atoms with van der Waals surface area (Å²) in [6.45, 7) is 5.58. The molecule has 3 aromatic rings. The highest BCUT2D eigenvalue weighted by molar-refractivity contribution is 6.11. The lowest BCUT2D eigenvalue weighted by molar-refractivity contribution is -0.117. The zero-order valence-corrected chi connectivity index (χ0v) is 25.5. The average Bonchev–Trinajstić information content (AvgIpc) is 3.35. The van der Waals surface area contributed by atoms with Crippen molar-refractivity contribution < 1.29 is 28.3 Å². The number of hydrogen-bond donors (Lipinski definition) is 3. The van der Waals surface area contributed by atoms with E-state index in [9.17, 15) is 19.5 Å². The van der Waals surface area contributed by atoms with Crippen LogP contribution in [0.1, 0.15) is 78.2 Å². The summed E-state index contributed by atoms with van der Waals surface area (Å²) in [4.78, 5) is 49.6. The van der Waals surface area contributed by atoms with Gasteiger partial charge in [0.25, 0.3) is 0 Å². The first-order chi connectivity index (χ1) is 21.4. The number of halogens is 2. The molecule has 12 heteroatoms. The van der Waals surface area contributed by atoms with Crippen molar-refractivity contribution in [2.75, 3.05) is 31.1 Å². The number of nitrogens with one attached hydrogen (secondary N) is 1. The van der Waals surface area contributed by atoms with Gasteiger partial charge in [0.05, 0.1) is 6.10 Å². The molecule has 0 saturated carbocycles. The predicted octanol–water partition coefficient (Wildman–Crippen LogP) is 3.76. The van der Waals surface area contributed by atoms with Gasteiger partial charge in [0.2, 0.25) is 11.8 Å². The molecule has 2 atom stereocenters. The second kappa shape index (κ2) is 12.1. The molecule has 1 aromatic carbocycles. The molecule has 0 radical (unpaired) electrons. The summed E-state index contributed by atoms with van der Waals surface area (Å²) in [6, 6.07) is 5.77. The SMILES string of the molecule is CC(C)C1(F)CCc2nc3c(F)cc(C(N)=O)c([C@@H](CCN4CCC(O)CC4)c4ccc(N5CC(=O)NC5=O)nc4)c3cc2C1. The molecule has 4 amide bonds. The summed E-state index contributed by atoms with van der Waals surface area (Å²) in [5.74, 6) is -2.33. The number of benzene rings is 1. The first-order valence-electron chi connectivity index (χ1n) is 15.5. The Bertz CT molecular complexity index is 1660. The molecular weight excluding hydrogens is 582 g/mol. The first kappa shape index (κ1) is 31.0. The van der Waals surface area contributed by atoms with Crippen LogP contribution in [0.2, 0.25) is 0 Å². The molecule has 2 aromatic heterocycles. The summed E-state index contributed by atoms with van der Waals surface area (Å²) in [6.07, 6.45) is 3.88. The van der Waals surface area contributed by atoms with Crippen LogP contribution in [0, 0.1) is 11.7 Å². The third-order valence-electron chi connectivity index (χ3n) is 9.71. The van der Waals surface area contributed by atoms with E-state index < -0.39 is 35.2 Å². The summed E-state index contributed by atoms with van der Waals surface area (Å²) in [5.41, 5.74) is 7.10. The van der Waals surface area contributed by atoms with Crippen LogP contribution in [0.25, 0.3) is 10.9 Å². The van der Waals surface area contributed by atoms with Crippen molar-refractivity contribution in [1.82, 2.24) is 20.2 Å². The maximum Gasteiger partial charge on any atom is 0.330 e. The molecule has 6 rings (SSSR count). The molecule has 4 N–H and O–H groups in total. The van der Waals surface area contributed by atoms with Gasteiger partial charge in [-0.3, -0.25) is 19.8 Å². The Labute approximate surface area is 260 Å². The fraction of sp³-hybridized carbons (Fsp3) is 0.485. The Morgan fingerprint density at radius 3 is 2.60 bits per heavy atom. The molecular formula is C33H38F2N6O4. The topological polar surface area (TPSA) is 142 Å². The lowest BCUT2D eigenvalue weighted by Crippen LogP contribution is -2.37. The van der Waals surface area contributed by atoms with Crippen LogP contribution in [0.4, 0.5) is 19.4 Å². The second-order valence-electron chi connectivity index (χ2n) is 12.8. The molecule has 0 bridgehead atoms. The second-order valence-corrected chi connectivity index (χ2v) is 12.8. The molecule has 2 saturated heterocycles. The number of imide groups is 1. The van der Waals surface area contributed by atoms with Gasteiger partial charge in [-0.25, -0.2) is 23.5 Å². The Morgan fingerprint density at radius 2 is 1.98 bits per heavy atom. The highest BCUT2D eigenvalue weighted by Crippen LogP contribution is 2.42. The van der Waals surface area contributed by atoms with Crippen molar-refractivity contribution in [2.24, 2.45) is 11.7 Å². The number of piperidine rings is 1. The summed E-state index contributed by atoms with van der Waals surface area (Å²) < 4.78 is 31.5. The van der Waals surface area contributed by atoms with Gasteiger partial charge in [0.1, 0.15) is 29.4 Å². The maximum absolute atomic E-state index is 15.9. The van der Waals surface area contributed by atoms with Crippen molar-refractivity contribution in [2.45, 2.75) is 70.1 Å². The van der Waals surface area contributed by atoms with E-state index in [1.54, 1.807) is 24.4 Å². The van der Waals surface area contributed by atoms with Gasteiger partial charge in [-0.2, -0.15) is 0 Å². The molecule has 0 spiro atoms. The standard InChI is InChI=1S/C33H38F2N6O4/c1-18(2)33(35)9-5-26-20(15-33)13-23-29(24(31(36)44)14-25(34)30(23)38-26)22(8-12-40-10-6-21(42)7-11-40)19-3-4-27(37-16-19)41-17-28(43)39-32(41)45/h3-4,13-14,16,18,21-22,42H,5-12,15,17H2,1-2H3,(H2,36,44)(H,39,43,45)/t22-,33?/m0/s1. The quantitative estimate of drug-likeness (QED) is 0.326. The molecule has 1 unspecified atom stereocenters. The van der Waals surface area contributed by atoms with Crippen molar-refractivity contribution >= 4 is 34.6 Å². The number of aliphatic hydroxyl groups excluding tert-OH is 1. The van der Waals surface area contributed by atoms with E-state index >= 15 is 8.78 Å². The van der Waals surface area contributed by atoms with Crippen LogP contribution < -0.4 is 16.0 Å². The predicted molar refractivity (Wildman–Crippen MR) is 164 cm³/mol. The van der Waals surface area contributed by atoms with Crippen molar-refractivity contribution in [1.29, 1.82) is 0 Å². The number of pyridine rings is 2. The van der Waals surface area contributed by atoms with Gasteiger partial charge in [-0.05, 0) is 79.5 Å². The summed E-state index contributed by atoms with van der Waals surface area (Å²) >= 11 is 0. The minimum absolute atomic E-state index is 0.0144. The van der Waals surface area contributed by atoms with Crippen LogP contribution in [0.3, 0.4) is 0 Å². The van der Waals surface area contributed by atoms with E-state index in [1.807, 2.05) is 13.8 Å². The van der Waals surface area contributed by atoms with Gasteiger partial charge in [-0.1, -0.05) is 19.9 Å². The van der Waals surface area contributed by atoms with E-state index in [0.717, 1.165) is 6.07 Å². The zero-order valence-electron chi connectivity index (χ0n) is 25.5. The smallest absolute Gasteiger partial charge is 0.330 e. The van der Waals surface area contributed by atoms with Crippen molar-refractivity contribution in [3.8, 4) is 0 Å². The molecule has 2 fully saturated rings. The third kappa shape index (κ3) is 6.00. The van der Waals surface area contributed by atoms with Gasteiger partial charge >= 0.3 is 6.03 Å². The Balaban J connectivity index is 1.48. The Morgan fingerprint density at radius 1 is 1.22 bits per heavy atom. The van der Waals surface area contributed by atoms with E-state index in [1.165, 1.54) is 4.90 Å². The lowest BCUT2D eigenvalue weighted by Gasteiger charge is -2.34. The number of aliphatic hydroxyl groups is 1. The number of nitrogens with zero attached hydrogens (tertiary/aromatic N) is 4. The van der Waals surface area contributed by atoms with Crippen LogP contribution in [0.5, 0.6) is 0 Å². The number of carbonyl (C=O) groups excluding carboxylic acids is 3. The van der Waals surface area contributed by atoms with E-state index in [4.69, 9.17) is 5.73 Å². The Hall–Kier alpha value is -4.03. The normalized spacial score (nSPS) is 21.8. The molecule has 238 valence electrons. The summed E-state index contributed by atoms with van der Waals surface area (Å²) in [5, 5.41) is 12.7. The average molecular weight is 621 g/mol. The minimum atomic E-state index is -1.43. The fourth-order valence-electron chi connectivity index (χ4n) is 6.89. The number of alkyl halides is 1. The van der Waals surface area contributed by atoms with Crippen LogP contribution in [-0.4, -0.2) is 75.8 Å². The molecule has 4 heterocycles. The molecule has 2 aliphatic heterocycles.